The van der Waals surface area contributed by atoms with Gasteiger partial charge in [-0.25, -0.2) is 0 Å². The summed E-state index contributed by atoms with van der Waals surface area (Å²) in [5, 5.41) is 3.53. The van der Waals surface area contributed by atoms with E-state index in [9.17, 15) is 9.59 Å². The van der Waals surface area contributed by atoms with Crippen molar-refractivity contribution in [2.45, 2.75) is 45.6 Å². The van der Waals surface area contributed by atoms with Crippen molar-refractivity contribution in [3.8, 4) is 0 Å². The largest absolute Gasteiger partial charge is 0.352 e. The van der Waals surface area contributed by atoms with Crippen LogP contribution in [-0.2, 0) is 6.42 Å². The number of unbranched alkanes of at least 4 members (excludes halogenated alkanes) is 2. The van der Waals surface area contributed by atoms with E-state index in [0.717, 1.165) is 31.2 Å². The number of carbonyl (C=O) groups is 1. The van der Waals surface area contributed by atoms with Gasteiger partial charge in [-0.2, -0.15) is 0 Å². The average Bonchev–Trinajstić information content (AvgIpc) is 2.83. The van der Waals surface area contributed by atoms with Crippen molar-refractivity contribution in [1.29, 1.82) is 0 Å². The lowest BCUT2D eigenvalue weighted by Gasteiger charge is -2.12. The van der Waals surface area contributed by atoms with Gasteiger partial charge in [0.05, 0.1) is 5.52 Å². The number of amides is 1. The molecule has 1 N–H and O–H groups in total. The Labute approximate surface area is 130 Å². The second-order valence-electron chi connectivity index (χ2n) is 6.11. The highest BCUT2D eigenvalue weighted by Gasteiger charge is 2.24. The van der Waals surface area contributed by atoms with Crippen LogP contribution in [0.4, 0.5) is 0 Å². The van der Waals surface area contributed by atoms with E-state index >= 15 is 0 Å². The summed E-state index contributed by atoms with van der Waals surface area (Å²) < 4.78 is 2.08. The van der Waals surface area contributed by atoms with Gasteiger partial charge in [-0.15, -0.1) is 0 Å². The van der Waals surface area contributed by atoms with Crippen LogP contribution in [0.25, 0.3) is 10.9 Å². The number of carbonyl (C=O) groups excluding carboxylic acids is 1. The minimum Gasteiger partial charge on any atom is -0.352 e. The van der Waals surface area contributed by atoms with Crippen LogP contribution < -0.4 is 10.7 Å². The van der Waals surface area contributed by atoms with Crippen molar-refractivity contribution in [3.05, 3.63) is 45.7 Å². The van der Waals surface area contributed by atoms with Gasteiger partial charge in [0.25, 0.3) is 5.91 Å². The number of aromatic nitrogens is 1. The van der Waals surface area contributed by atoms with Gasteiger partial charge in [0.15, 0.2) is 0 Å². The van der Waals surface area contributed by atoms with Gasteiger partial charge in [-0.05, 0) is 31.4 Å². The number of hydrogen-bond acceptors (Lipinski definition) is 2. The molecule has 0 saturated heterocycles. The summed E-state index contributed by atoms with van der Waals surface area (Å²) in [6.07, 6.45) is 5.80. The van der Waals surface area contributed by atoms with Crippen molar-refractivity contribution < 1.29 is 4.79 Å². The lowest BCUT2D eigenvalue weighted by atomic mass is 10.1. The molecule has 4 heteroatoms. The number of nitrogens with one attached hydrogen (secondary N) is 1. The molecule has 2 aromatic rings. The van der Waals surface area contributed by atoms with Crippen LogP contribution in [0.5, 0.6) is 0 Å². The third-order valence-corrected chi connectivity index (χ3v) is 4.44. The molecule has 1 aromatic carbocycles. The summed E-state index contributed by atoms with van der Waals surface area (Å²) in [4.78, 5) is 25.0. The lowest BCUT2D eigenvalue weighted by molar-refractivity contribution is 0.0951. The van der Waals surface area contributed by atoms with Crippen LogP contribution >= 0.6 is 0 Å². The Kier molecular flexibility index (Phi) is 4.01. The summed E-state index contributed by atoms with van der Waals surface area (Å²) >= 11 is 0. The maximum absolute atomic E-state index is 12.6. The molecule has 1 aliphatic rings. The van der Waals surface area contributed by atoms with Gasteiger partial charge in [-0.3, -0.25) is 9.59 Å². The molecule has 4 nitrogen and oxygen atoms in total. The third-order valence-electron chi connectivity index (χ3n) is 4.44. The van der Waals surface area contributed by atoms with E-state index in [1.165, 1.54) is 5.56 Å². The van der Waals surface area contributed by atoms with Crippen LogP contribution in [0.1, 0.15) is 55.1 Å². The van der Waals surface area contributed by atoms with Crippen molar-refractivity contribution >= 4 is 16.8 Å². The molecular formula is C18H22N2O2. The highest BCUT2D eigenvalue weighted by atomic mass is 16.2. The van der Waals surface area contributed by atoms with E-state index in [1.807, 2.05) is 12.1 Å². The summed E-state index contributed by atoms with van der Waals surface area (Å²) in [6, 6.07) is 6.08. The summed E-state index contributed by atoms with van der Waals surface area (Å²) in [7, 11) is 0. The van der Waals surface area contributed by atoms with Gasteiger partial charge in [0.2, 0.25) is 5.43 Å². The van der Waals surface area contributed by atoms with E-state index in [0.29, 0.717) is 11.9 Å². The van der Waals surface area contributed by atoms with E-state index in [1.54, 1.807) is 6.20 Å². The molecule has 1 unspecified atom stereocenters. The Morgan fingerprint density at radius 3 is 2.95 bits per heavy atom. The van der Waals surface area contributed by atoms with Crippen molar-refractivity contribution in [2.24, 2.45) is 0 Å². The smallest absolute Gasteiger partial charge is 0.256 e. The Bertz CT molecular complexity index is 776. The van der Waals surface area contributed by atoms with E-state index < -0.39 is 0 Å². The van der Waals surface area contributed by atoms with Crippen LogP contribution in [-0.4, -0.2) is 17.0 Å². The van der Waals surface area contributed by atoms with Crippen molar-refractivity contribution in [1.82, 2.24) is 9.88 Å². The molecule has 1 amide bonds. The molecule has 2 heterocycles. The fourth-order valence-electron chi connectivity index (χ4n) is 3.25. The first kappa shape index (κ1) is 14.8. The fourth-order valence-corrected chi connectivity index (χ4v) is 3.25. The quantitative estimate of drug-likeness (QED) is 0.863. The normalized spacial score (nSPS) is 16.2. The summed E-state index contributed by atoms with van der Waals surface area (Å²) in [6.45, 7) is 4.87. The Morgan fingerprint density at radius 1 is 1.36 bits per heavy atom. The van der Waals surface area contributed by atoms with Crippen LogP contribution in [0.2, 0.25) is 0 Å². The van der Waals surface area contributed by atoms with E-state index in [4.69, 9.17) is 0 Å². The second kappa shape index (κ2) is 5.95. The first-order valence-electron chi connectivity index (χ1n) is 8.08. The van der Waals surface area contributed by atoms with Crippen LogP contribution in [0.3, 0.4) is 0 Å². The summed E-state index contributed by atoms with van der Waals surface area (Å²) in [5.41, 5.74) is 2.28. The SMILES string of the molecule is CCCCCNC(=O)c1cn2c3c(cccc3c1=O)CC2C. The predicted molar refractivity (Wildman–Crippen MR) is 88.5 cm³/mol. The molecule has 0 radical (unpaired) electrons. The lowest BCUT2D eigenvalue weighted by Crippen LogP contribution is -2.30. The second-order valence-corrected chi connectivity index (χ2v) is 6.11. The first-order valence-corrected chi connectivity index (χ1v) is 8.08. The molecule has 22 heavy (non-hydrogen) atoms. The molecule has 0 bridgehead atoms. The number of pyridine rings is 1. The van der Waals surface area contributed by atoms with E-state index in [-0.39, 0.29) is 22.9 Å². The van der Waals surface area contributed by atoms with Gasteiger partial charge in [-0.1, -0.05) is 31.9 Å². The van der Waals surface area contributed by atoms with Crippen LogP contribution in [0.15, 0.2) is 29.2 Å². The van der Waals surface area contributed by atoms with Gasteiger partial charge in [0.1, 0.15) is 5.56 Å². The zero-order valence-electron chi connectivity index (χ0n) is 13.2. The summed E-state index contributed by atoms with van der Waals surface area (Å²) in [5.74, 6) is -0.253. The number of para-hydroxylation sites is 1. The van der Waals surface area contributed by atoms with Gasteiger partial charge < -0.3 is 9.88 Å². The van der Waals surface area contributed by atoms with E-state index in [2.05, 4.69) is 29.8 Å². The molecule has 0 spiro atoms. The van der Waals surface area contributed by atoms with Gasteiger partial charge >= 0.3 is 0 Å². The predicted octanol–water partition coefficient (Wildman–Crippen LogP) is 3.04. The molecule has 0 aliphatic carbocycles. The third kappa shape index (κ3) is 2.43. The van der Waals surface area contributed by atoms with Crippen molar-refractivity contribution in [3.63, 3.8) is 0 Å². The number of hydrogen-bond donors (Lipinski definition) is 1. The highest BCUT2D eigenvalue weighted by molar-refractivity contribution is 5.98. The first-order chi connectivity index (χ1) is 10.6. The fraction of sp³-hybridized carbons (Fsp3) is 0.444. The zero-order valence-corrected chi connectivity index (χ0v) is 13.2. The highest BCUT2D eigenvalue weighted by Crippen LogP contribution is 2.30. The molecule has 3 rings (SSSR count). The molecule has 1 aromatic heterocycles. The maximum atomic E-state index is 12.6. The molecule has 116 valence electrons. The van der Waals surface area contributed by atoms with Crippen LogP contribution in [0, 0.1) is 0 Å². The molecule has 0 fully saturated rings. The minimum absolute atomic E-state index is 0.157. The Hall–Kier alpha value is -2.10. The maximum Gasteiger partial charge on any atom is 0.256 e. The monoisotopic (exact) mass is 298 g/mol. The Balaban J connectivity index is 1.97. The van der Waals surface area contributed by atoms with Crippen molar-refractivity contribution in [2.75, 3.05) is 6.54 Å². The molecule has 1 atom stereocenters. The zero-order chi connectivity index (χ0) is 15.7. The number of rotatable bonds is 5. The minimum atomic E-state index is -0.253. The number of nitrogens with zero attached hydrogens (tertiary/aromatic N) is 1. The Morgan fingerprint density at radius 2 is 2.18 bits per heavy atom. The molecule has 1 aliphatic heterocycles. The average molecular weight is 298 g/mol. The van der Waals surface area contributed by atoms with Gasteiger partial charge in [0, 0.05) is 24.2 Å². The number of benzene rings is 1. The standard InChI is InChI=1S/C18H22N2O2/c1-3-4-5-9-19-18(22)15-11-20-12(2)10-13-7-6-8-14(16(13)20)17(15)21/h6-8,11-12H,3-5,9-10H2,1-2H3,(H,19,22). The topological polar surface area (TPSA) is 51.1 Å². The molecular weight excluding hydrogens is 276 g/mol. The molecule has 0 saturated carbocycles.